The molecule has 0 aromatic carbocycles. The van der Waals surface area contributed by atoms with Gasteiger partial charge < -0.3 is 15.3 Å². The summed E-state index contributed by atoms with van der Waals surface area (Å²) < 4.78 is 0. The fraction of sp³-hybridized carbons (Fsp3) is 0.769. The van der Waals surface area contributed by atoms with Gasteiger partial charge in [0.25, 0.3) is 0 Å². The summed E-state index contributed by atoms with van der Waals surface area (Å²) in [7, 11) is 0. The van der Waals surface area contributed by atoms with Crippen molar-refractivity contribution in [1.29, 1.82) is 0 Å². The van der Waals surface area contributed by atoms with Crippen LogP contribution >= 0.6 is 0 Å². The molecular formula is C13H20N2O4. The van der Waals surface area contributed by atoms with Gasteiger partial charge in [0, 0.05) is 25.4 Å². The first-order chi connectivity index (χ1) is 9.09. The summed E-state index contributed by atoms with van der Waals surface area (Å²) in [4.78, 5) is 35.7. The number of hydrogen-bond acceptors (Lipinski definition) is 3. The molecule has 2 fully saturated rings. The molecule has 1 atom stereocenters. The van der Waals surface area contributed by atoms with Gasteiger partial charge in [-0.05, 0) is 32.1 Å². The van der Waals surface area contributed by atoms with Crippen molar-refractivity contribution in [2.45, 2.75) is 44.6 Å². The van der Waals surface area contributed by atoms with Gasteiger partial charge in [-0.25, -0.2) is 4.79 Å². The maximum atomic E-state index is 11.9. The highest BCUT2D eigenvalue weighted by molar-refractivity contribution is 5.84. The molecule has 0 unspecified atom stereocenters. The Balaban J connectivity index is 1.66. The number of aliphatic carboxylic acids is 1. The highest BCUT2D eigenvalue weighted by atomic mass is 16.4. The summed E-state index contributed by atoms with van der Waals surface area (Å²) in [5.41, 5.74) is 0. The molecule has 0 aromatic rings. The third-order valence-electron chi connectivity index (χ3n) is 3.67. The molecule has 2 N–H and O–H groups in total. The van der Waals surface area contributed by atoms with E-state index < -0.39 is 12.0 Å². The minimum atomic E-state index is -0.923. The lowest BCUT2D eigenvalue weighted by Crippen LogP contribution is -2.40. The van der Waals surface area contributed by atoms with Crippen molar-refractivity contribution >= 4 is 17.8 Å². The van der Waals surface area contributed by atoms with Gasteiger partial charge in [-0.2, -0.15) is 0 Å². The fourth-order valence-electron chi connectivity index (χ4n) is 2.41. The average Bonchev–Trinajstić information content (AvgIpc) is 3.10. The Labute approximate surface area is 112 Å². The summed E-state index contributed by atoms with van der Waals surface area (Å²) in [6, 6.07) is -0.659. The Hall–Kier alpha value is -1.59. The molecule has 0 spiro atoms. The minimum absolute atomic E-state index is 0.0806. The van der Waals surface area contributed by atoms with Crippen LogP contribution in [0.15, 0.2) is 0 Å². The number of rotatable bonds is 6. The van der Waals surface area contributed by atoms with Crippen molar-refractivity contribution in [3.05, 3.63) is 0 Å². The molecule has 1 aliphatic heterocycles. The van der Waals surface area contributed by atoms with Crippen LogP contribution in [0.25, 0.3) is 0 Å². The van der Waals surface area contributed by atoms with Gasteiger partial charge in [-0.15, -0.1) is 0 Å². The summed E-state index contributed by atoms with van der Waals surface area (Å²) in [6.07, 6.45) is 4.10. The van der Waals surface area contributed by atoms with Crippen molar-refractivity contribution in [2.24, 2.45) is 5.92 Å². The highest BCUT2D eigenvalue weighted by Gasteiger charge is 2.33. The van der Waals surface area contributed by atoms with E-state index in [0.717, 1.165) is 19.3 Å². The van der Waals surface area contributed by atoms with Crippen LogP contribution in [-0.4, -0.2) is 46.9 Å². The molecule has 0 bridgehead atoms. The number of carboxylic acids is 1. The van der Waals surface area contributed by atoms with Crippen LogP contribution in [-0.2, 0) is 14.4 Å². The molecule has 1 aliphatic carbocycles. The van der Waals surface area contributed by atoms with Crippen LogP contribution in [0, 0.1) is 5.92 Å². The van der Waals surface area contributed by atoms with E-state index in [1.165, 1.54) is 4.90 Å². The number of carboxylic acid groups (broad SMARTS) is 1. The summed E-state index contributed by atoms with van der Waals surface area (Å²) >= 11 is 0. The Bertz CT molecular complexity index is 379. The number of carbonyl (C=O) groups is 3. The lowest BCUT2D eigenvalue weighted by atomic mass is 10.2. The molecule has 0 aromatic heterocycles. The lowest BCUT2D eigenvalue weighted by molar-refractivity contribution is -0.148. The second-order valence-electron chi connectivity index (χ2n) is 5.25. The molecule has 1 heterocycles. The molecule has 106 valence electrons. The number of carbonyl (C=O) groups excluding carboxylic acids is 2. The van der Waals surface area contributed by atoms with Gasteiger partial charge in [0.1, 0.15) is 6.04 Å². The monoisotopic (exact) mass is 268 g/mol. The number of amides is 2. The van der Waals surface area contributed by atoms with Gasteiger partial charge >= 0.3 is 5.97 Å². The van der Waals surface area contributed by atoms with Crippen LogP contribution in [0.3, 0.4) is 0 Å². The maximum absolute atomic E-state index is 11.9. The number of hydrogen-bond donors (Lipinski definition) is 2. The van der Waals surface area contributed by atoms with Gasteiger partial charge in [0.05, 0.1) is 0 Å². The Morgan fingerprint density at radius 1 is 1.21 bits per heavy atom. The Morgan fingerprint density at radius 3 is 2.58 bits per heavy atom. The van der Waals surface area contributed by atoms with Crippen LogP contribution in [0.2, 0.25) is 0 Å². The van der Waals surface area contributed by atoms with Crippen LogP contribution in [0.5, 0.6) is 0 Å². The predicted molar refractivity (Wildman–Crippen MR) is 67.3 cm³/mol. The number of nitrogens with one attached hydrogen (secondary N) is 1. The van der Waals surface area contributed by atoms with Gasteiger partial charge in [0.2, 0.25) is 11.8 Å². The largest absolute Gasteiger partial charge is 0.480 e. The molecular weight excluding hydrogens is 248 g/mol. The lowest BCUT2D eigenvalue weighted by Gasteiger charge is -2.21. The zero-order valence-corrected chi connectivity index (χ0v) is 10.9. The van der Waals surface area contributed by atoms with E-state index in [4.69, 9.17) is 5.11 Å². The van der Waals surface area contributed by atoms with E-state index in [2.05, 4.69) is 5.32 Å². The molecule has 1 saturated heterocycles. The van der Waals surface area contributed by atoms with Crippen LogP contribution in [0.4, 0.5) is 0 Å². The topological polar surface area (TPSA) is 86.7 Å². The molecule has 2 amide bonds. The quantitative estimate of drug-likeness (QED) is 0.681. The smallest absolute Gasteiger partial charge is 0.326 e. The summed E-state index contributed by atoms with van der Waals surface area (Å²) in [5.74, 6) is -0.777. The fourth-order valence-corrected chi connectivity index (χ4v) is 2.41. The summed E-state index contributed by atoms with van der Waals surface area (Å²) in [5, 5.41) is 11.8. The molecule has 0 radical (unpaired) electrons. The number of nitrogens with zero attached hydrogens (tertiary/aromatic N) is 1. The van der Waals surface area contributed by atoms with Crippen LogP contribution in [0.1, 0.15) is 38.5 Å². The third-order valence-corrected chi connectivity index (χ3v) is 3.67. The standard InChI is InChI=1S/C13H20N2O4/c16-11(15-8-2-3-10(15)13(18)19)4-1-7-14-12(17)9-5-6-9/h9-10H,1-8H2,(H,14,17)(H,18,19)/t10-/m0/s1. The van der Waals surface area contributed by atoms with E-state index in [-0.39, 0.29) is 17.7 Å². The van der Waals surface area contributed by atoms with Crippen molar-refractivity contribution < 1.29 is 19.5 Å². The zero-order chi connectivity index (χ0) is 13.8. The molecule has 2 rings (SSSR count). The Morgan fingerprint density at radius 2 is 1.95 bits per heavy atom. The van der Waals surface area contributed by atoms with Gasteiger partial charge in [0.15, 0.2) is 0 Å². The first-order valence-electron chi connectivity index (χ1n) is 6.89. The predicted octanol–water partition coefficient (Wildman–Crippen LogP) is 0.368. The van der Waals surface area contributed by atoms with E-state index in [9.17, 15) is 14.4 Å². The molecule has 19 heavy (non-hydrogen) atoms. The molecule has 6 nitrogen and oxygen atoms in total. The van der Waals surface area contributed by atoms with E-state index in [0.29, 0.717) is 32.4 Å². The van der Waals surface area contributed by atoms with Crippen molar-refractivity contribution in [1.82, 2.24) is 10.2 Å². The number of likely N-dealkylation sites (tertiary alicyclic amines) is 1. The Kier molecular flexibility index (Phi) is 4.39. The maximum Gasteiger partial charge on any atom is 0.326 e. The summed E-state index contributed by atoms with van der Waals surface area (Å²) in [6.45, 7) is 1.02. The SMILES string of the molecule is O=C(NCCCC(=O)N1CCC[C@H]1C(=O)O)C1CC1. The van der Waals surface area contributed by atoms with E-state index >= 15 is 0 Å². The molecule has 6 heteroatoms. The van der Waals surface area contributed by atoms with Crippen molar-refractivity contribution in [2.75, 3.05) is 13.1 Å². The highest BCUT2D eigenvalue weighted by Crippen LogP contribution is 2.28. The van der Waals surface area contributed by atoms with Gasteiger partial charge in [-0.3, -0.25) is 9.59 Å². The van der Waals surface area contributed by atoms with E-state index in [1.807, 2.05) is 0 Å². The second-order valence-corrected chi connectivity index (χ2v) is 5.25. The van der Waals surface area contributed by atoms with Crippen molar-refractivity contribution in [3.63, 3.8) is 0 Å². The molecule has 1 saturated carbocycles. The average molecular weight is 268 g/mol. The van der Waals surface area contributed by atoms with Crippen molar-refractivity contribution in [3.8, 4) is 0 Å². The normalized spacial score (nSPS) is 22.3. The third kappa shape index (κ3) is 3.68. The minimum Gasteiger partial charge on any atom is -0.480 e. The first-order valence-corrected chi connectivity index (χ1v) is 6.89. The van der Waals surface area contributed by atoms with E-state index in [1.54, 1.807) is 0 Å². The first kappa shape index (κ1) is 13.8. The molecule has 2 aliphatic rings. The second kappa shape index (κ2) is 6.04. The van der Waals surface area contributed by atoms with Gasteiger partial charge in [-0.1, -0.05) is 0 Å². The van der Waals surface area contributed by atoms with Crippen LogP contribution < -0.4 is 5.32 Å². The zero-order valence-electron chi connectivity index (χ0n) is 10.9.